The van der Waals surface area contributed by atoms with Gasteiger partial charge in [0.15, 0.2) is 0 Å². The van der Waals surface area contributed by atoms with Gasteiger partial charge in [-0.15, -0.1) is 11.3 Å². The van der Waals surface area contributed by atoms with Gasteiger partial charge < -0.3 is 0 Å². The minimum absolute atomic E-state index is 0.270. The maximum atomic E-state index is 12.8. The summed E-state index contributed by atoms with van der Waals surface area (Å²) in [6.07, 6.45) is 3.42. The van der Waals surface area contributed by atoms with E-state index in [1.165, 1.54) is 17.8 Å². The quantitative estimate of drug-likeness (QED) is 0.721. The van der Waals surface area contributed by atoms with Crippen LogP contribution in [0, 0.1) is 23.7 Å². The molecule has 0 radical (unpaired) electrons. The standard InChI is InChI=1S/C18H25NO2S2/c1-4-12(3)10-14-13(5-2)15(14)11-23(20,21)18-19-16-8-6-7-9-17(16)22-18/h6-9,12-15H,4-5,10-11H2,1-3H3/t12?,13-,14+,15+/m0/s1. The van der Waals surface area contributed by atoms with Gasteiger partial charge in [0.25, 0.3) is 0 Å². The molecule has 1 aromatic carbocycles. The molecule has 0 N–H and O–H groups in total. The lowest BCUT2D eigenvalue weighted by atomic mass is 10.00. The van der Waals surface area contributed by atoms with Gasteiger partial charge in [0.2, 0.25) is 14.2 Å². The predicted molar refractivity (Wildman–Crippen MR) is 96.5 cm³/mol. The summed E-state index contributed by atoms with van der Waals surface area (Å²) in [7, 11) is -3.27. The van der Waals surface area contributed by atoms with Crippen LogP contribution in [-0.2, 0) is 9.84 Å². The van der Waals surface area contributed by atoms with Crippen molar-refractivity contribution in [2.45, 2.75) is 44.4 Å². The summed E-state index contributed by atoms with van der Waals surface area (Å²) in [6.45, 7) is 6.66. The van der Waals surface area contributed by atoms with Crippen LogP contribution < -0.4 is 0 Å². The summed E-state index contributed by atoms with van der Waals surface area (Å²) in [5, 5.41) is 0. The van der Waals surface area contributed by atoms with E-state index >= 15 is 0 Å². The summed E-state index contributed by atoms with van der Waals surface area (Å²) in [5.74, 6) is 2.44. The smallest absolute Gasteiger partial charge is 0.210 e. The van der Waals surface area contributed by atoms with E-state index in [1.807, 2.05) is 24.3 Å². The molecule has 1 aromatic heterocycles. The van der Waals surface area contributed by atoms with Crippen molar-refractivity contribution < 1.29 is 8.42 Å². The Bertz CT molecular complexity index is 748. The predicted octanol–water partition coefficient (Wildman–Crippen LogP) is 4.78. The first-order valence-electron chi connectivity index (χ1n) is 8.54. The Morgan fingerprint density at radius 1 is 1.17 bits per heavy atom. The minimum atomic E-state index is -3.27. The van der Waals surface area contributed by atoms with E-state index in [1.54, 1.807) is 0 Å². The number of nitrogens with zero attached hydrogens (tertiary/aromatic N) is 1. The molecule has 126 valence electrons. The number of thiazole rings is 1. The van der Waals surface area contributed by atoms with E-state index in [2.05, 4.69) is 25.8 Å². The zero-order valence-corrected chi connectivity index (χ0v) is 15.7. The summed E-state index contributed by atoms with van der Waals surface area (Å²) >= 11 is 1.30. The molecule has 3 rings (SSSR count). The second-order valence-corrected chi connectivity index (χ2v) is 10.1. The van der Waals surface area contributed by atoms with Crippen LogP contribution in [0.15, 0.2) is 28.6 Å². The molecule has 1 aliphatic rings. The second-order valence-electron chi connectivity index (χ2n) is 6.88. The van der Waals surface area contributed by atoms with Crippen molar-refractivity contribution in [2.24, 2.45) is 23.7 Å². The first-order chi connectivity index (χ1) is 11.0. The highest BCUT2D eigenvalue weighted by molar-refractivity contribution is 7.93. The molecule has 1 aliphatic carbocycles. The van der Waals surface area contributed by atoms with Gasteiger partial charge in [-0.3, -0.25) is 0 Å². The number of hydrogen-bond donors (Lipinski definition) is 0. The van der Waals surface area contributed by atoms with Crippen LogP contribution >= 0.6 is 11.3 Å². The summed E-state index contributed by atoms with van der Waals surface area (Å²) < 4.78 is 26.8. The van der Waals surface area contributed by atoms with E-state index in [-0.39, 0.29) is 5.75 Å². The van der Waals surface area contributed by atoms with E-state index in [9.17, 15) is 8.42 Å². The fourth-order valence-corrected chi connectivity index (χ4v) is 6.73. The molecule has 2 aromatic rings. The van der Waals surface area contributed by atoms with Gasteiger partial charge in [-0.1, -0.05) is 45.7 Å². The summed E-state index contributed by atoms with van der Waals surface area (Å²) in [4.78, 5) is 4.35. The molecule has 1 fully saturated rings. The number of sulfone groups is 1. The average Bonchev–Trinajstić information content (AvgIpc) is 2.98. The number of aromatic nitrogens is 1. The molecule has 1 unspecified atom stereocenters. The number of rotatable bonds is 7. The van der Waals surface area contributed by atoms with Gasteiger partial charge in [-0.2, -0.15) is 0 Å². The molecule has 1 saturated carbocycles. The Hall–Kier alpha value is -0.940. The summed E-state index contributed by atoms with van der Waals surface area (Å²) in [6, 6.07) is 7.63. The zero-order chi connectivity index (χ0) is 16.6. The molecule has 3 nitrogen and oxygen atoms in total. The number of para-hydroxylation sites is 1. The number of hydrogen-bond acceptors (Lipinski definition) is 4. The van der Waals surface area contributed by atoms with Gasteiger partial charge >= 0.3 is 0 Å². The Morgan fingerprint density at radius 3 is 2.57 bits per heavy atom. The molecule has 0 amide bonds. The van der Waals surface area contributed by atoms with Crippen molar-refractivity contribution in [1.29, 1.82) is 0 Å². The number of fused-ring (bicyclic) bond motifs is 1. The van der Waals surface area contributed by atoms with Gasteiger partial charge in [0.05, 0.1) is 16.0 Å². The van der Waals surface area contributed by atoms with Crippen molar-refractivity contribution in [3.63, 3.8) is 0 Å². The van der Waals surface area contributed by atoms with Crippen LogP contribution in [0.25, 0.3) is 10.2 Å². The van der Waals surface area contributed by atoms with Crippen molar-refractivity contribution in [1.82, 2.24) is 4.98 Å². The molecular formula is C18H25NO2S2. The summed E-state index contributed by atoms with van der Waals surface area (Å²) in [5.41, 5.74) is 0.787. The van der Waals surface area contributed by atoms with E-state index in [0.29, 0.717) is 28.0 Å². The molecule has 0 saturated heterocycles. The van der Waals surface area contributed by atoms with E-state index in [4.69, 9.17) is 0 Å². The van der Waals surface area contributed by atoms with Crippen molar-refractivity contribution >= 4 is 31.4 Å². The normalized spacial score (nSPS) is 25.6. The monoisotopic (exact) mass is 351 g/mol. The fraction of sp³-hybridized carbons (Fsp3) is 0.611. The highest BCUT2D eigenvalue weighted by atomic mass is 32.2. The van der Waals surface area contributed by atoms with Crippen LogP contribution in [0.1, 0.15) is 40.0 Å². The maximum absolute atomic E-state index is 12.8. The zero-order valence-electron chi connectivity index (χ0n) is 14.0. The lowest BCUT2D eigenvalue weighted by molar-refractivity contribution is 0.455. The largest absolute Gasteiger partial charge is 0.225 e. The third-order valence-electron chi connectivity index (χ3n) is 5.30. The van der Waals surface area contributed by atoms with Gasteiger partial charge in [-0.05, 0) is 42.2 Å². The van der Waals surface area contributed by atoms with Crippen molar-refractivity contribution in [3.05, 3.63) is 24.3 Å². The van der Waals surface area contributed by atoms with Gasteiger partial charge in [0.1, 0.15) is 0 Å². The molecule has 5 heteroatoms. The third-order valence-corrected chi connectivity index (χ3v) is 8.59. The molecule has 0 bridgehead atoms. The Labute approximate surface area is 143 Å². The first kappa shape index (κ1) is 16.9. The Balaban J connectivity index is 1.76. The lowest BCUT2D eigenvalue weighted by Crippen LogP contribution is -2.10. The Kier molecular flexibility index (Phi) is 4.79. The highest BCUT2D eigenvalue weighted by Gasteiger charge is 2.50. The first-order valence-corrected chi connectivity index (χ1v) is 11.0. The minimum Gasteiger partial charge on any atom is -0.225 e. The van der Waals surface area contributed by atoms with Crippen LogP contribution in [0.5, 0.6) is 0 Å². The molecule has 23 heavy (non-hydrogen) atoms. The number of benzene rings is 1. The fourth-order valence-electron chi connectivity index (χ4n) is 3.67. The molecule has 0 aliphatic heterocycles. The second kappa shape index (κ2) is 6.52. The van der Waals surface area contributed by atoms with Crippen molar-refractivity contribution in [2.75, 3.05) is 5.75 Å². The van der Waals surface area contributed by atoms with Crippen LogP contribution in [0.3, 0.4) is 0 Å². The Morgan fingerprint density at radius 2 is 1.91 bits per heavy atom. The molecule has 4 atom stereocenters. The lowest BCUT2D eigenvalue weighted by Gasteiger charge is -2.07. The van der Waals surface area contributed by atoms with Crippen LogP contribution in [-0.4, -0.2) is 19.2 Å². The third kappa shape index (κ3) is 3.45. The molecule has 0 spiro atoms. The highest BCUT2D eigenvalue weighted by Crippen LogP contribution is 2.53. The van der Waals surface area contributed by atoms with Gasteiger partial charge in [0, 0.05) is 0 Å². The molecule has 1 heterocycles. The van der Waals surface area contributed by atoms with Gasteiger partial charge in [-0.25, -0.2) is 13.4 Å². The van der Waals surface area contributed by atoms with E-state index in [0.717, 1.165) is 23.1 Å². The maximum Gasteiger partial charge on any atom is 0.210 e. The van der Waals surface area contributed by atoms with Crippen LogP contribution in [0.4, 0.5) is 0 Å². The van der Waals surface area contributed by atoms with E-state index < -0.39 is 9.84 Å². The topological polar surface area (TPSA) is 47.0 Å². The van der Waals surface area contributed by atoms with Crippen LogP contribution in [0.2, 0.25) is 0 Å². The van der Waals surface area contributed by atoms with Crippen molar-refractivity contribution in [3.8, 4) is 0 Å². The average molecular weight is 352 g/mol. The molecular weight excluding hydrogens is 326 g/mol. The SMILES string of the molecule is CCC(C)C[C@@H]1[C@H](CC)[C@H]1CS(=O)(=O)c1nc2ccccc2s1.